The second-order valence-corrected chi connectivity index (χ2v) is 6.43. The fourth-order valence-electron chi connectivity index (χ4n) is 1.85. The molecule has 2 rings (SSSR count). The van der Waals surface area contributed by atoms with E-state index in [2.05, 4.69) is 5.32 Å². The Labute approximate surface area is 117 Å². The van der Waals surface area contributed by atoms with E-state index in [9.17, 15) is 13.2 Å². The summed E-state index contributed by atoms with van der Waals surface area (Å²) in [4.78, 5) is 11.2. The summed E-state index contributed by atoms with van der Waals surface area (Å²) in [5.74, 6) is 0.0208. The van der Waals surface area contributed by atoms with Crippen LogP contribution in [0.4, 0.5) is 0 Å². The van der Waals surface area contributed by atoms with Crippen LogP contribution in [0.1, 0.15) is 17.9 Å². The number of nitrogens with one attached hydrogen (secondary N) is 1. The summed E-state index contributed by atoms with van der Waals surface area (Å²) in [7, 11) is -3.63. The first-order chi connectivity index (χ1) is 9.51. The van der Waals surface area contributed by atoms with Gasteiger partial charge in [0, 0.05) is 13.5 Å². The van der Waals surface area contributed by atoms with Crippen molar-refractivity contribution < 1.29 is 17.6 Å². The molecule has 0 saturated carbocycles. The van der Waals surface area contributed by atoms with Crippen LogP contribution < -0.4 is 5.32 Å². The highest BCUT2D eigenvalue weighted by Gasteiger charge is 2.31. The second kappa shape index (κ2) is 5.92. The van der Waals surface area contributed by atoms with Crippen molar-refractivity contribution in [3.63, 3.8) is 0 Å². The lowest BCUT2D eigenvalue weighted by Gasteiger charge is -2.16. The summed E-state index contributed by atoms with van der Waals surface area (Å²) in [6.07, 6.45) is 1.41. The highest BCUT2D eigenvalue weighted by molar-refractivity contribution is 7.91. The Balaban J connectivity index is 2.38. The maximum absolute atomic E-state index is 12.6. The molecule has 1 atom stereocenters. The van der Waals surface area contributed by atoms with Gasteiger partial charge in [-0.25, -0.2) is 8.42 Å². The number of rotatable bonds is 5. The van der Waals surface area contributed by atoms with Crippen LogP contribution >= 0.6 is 0 Å². The normalized spacial score (nSPS) is 12.8. The van der Waals surface area contributed by atoms with Crippen LogP contribution in [0, 0.1) is 0 Å². The Bertz CT molecular complexity index is 662. The average Bonchev–Trinajstić information content (AvgIpc) is 2.93. The van der Waals surface area contributed by atoms with Crippen molar-refractivity contribution in [2.45, 2.75) is 17.1 Å². The third-order valence-corrected chi connectivity index (χ3v) is 4.92. The topological polar surface area (TPSA) is 76.4 Å². The van der Waals surface area contributed by atoms with Crippen LogP contribution in [0.15, 0.2) is 58.0 Å². The van der Waals surface area contributed by atoms with Gasteiger partial charge in [-0.2, -0.15) is 0 Å². The zero-order valence-corrected chi connectivity index (χ0v) is 11.8. The first kappa shape index (κ1) is 14.3. The Morgan fingerprint density at radius 2 is 1.90 bits per heavy atom. The van der Waals surface area contributed by atoms with Gasteiger partial charge in [0.2, 0.25) is 5.91 Å². The molecule has 2 aromatic rings. The monoisotopic (exact) mass is 293 g/mol. The molecule has 1 aromatic carbocycles. The molecule has 1 amide bonds. The maximum Gasteiger partial charge on any atom is 0.216 e. The Morgan fingerprint density at radius 3 is 2.45 bits per heavy atom. The maximum atomic E-state index is 12.6. The first-order valence-corrected chi connectivity index (χ1v) is 7.63. The standard InChI is InChI=1S/C14H15NO4S/c1-11(16)15-10-14(13-8-5-9-19-13)20(17,18)12-6-3-2-4-7-12/h2-9,14H,10H2,1H3,(H,15,16)/t14-/m1/s1. The van der Waals surface area contributed by atoms with Gasteiger partial charge in [0.15, 0.2) is 9.84 Å². The summed E-state index contributed by atoms with van der Waals surface area (Å²) in [6.45, 7) is 1.31. The predicted molar refractivity (Wildman–Crippen MR) is 73.8 cm³/mol. The summed E-state index contributed by atoms with van der Waals surface area (Å²) < 4.78 is 30.5. The van der Waals surface area contributed by atoms with Crippen LogP contribution in [0.25, 0.3) is 0 Å². The van der Waals surface area contributed by atoms with Crippen LogP contribution in [-0.4, -0.2) is 20.9 Å². The molecule has 1 aromatic heterocycles. The van der Waals surface area contributed by atoms with Crippen LogP contribution in [-0.2, 0) is 14.6 Å². The van der Waals surface area contributed by atoms with E-state index in [4.69, 9.17) is 4.42 Å². The molecule has 1 heterocycles. The Hall–Kier alpha value is -2.08. The van der Waals surface area contributed by atoms with Gasteiger partial charge in [-0.15, -0.1) is 0 Å². The molecule has 0 aliphatic heterocycles. The molecule has 0 aliphatic rings. The van der Waals surface area contributed by atoms with Gasteiger partial charge in [-0.3, -0.25) is 4.79 Å². The van der Waals surface area contributed by atoms with Crippen molar-refractivity contribution >= 4 is 15.7 Å². The van der Waals surface area contributed by atoms with E-state index in [-0.39, 0.29) is 17.3 Å². The third-order valence-electron chi connectivity index (χ3n) is 2.84. The number of hydrogen-bond acceptors (Lipinski definition) is 4. The molecule has 106 valence electrons. The molecular formula is C14H15NO4S. The van der Waals surface area contributed by atoms with E-state index in [1.807, 2.05) is 0 Å². The van der Waals surface area contributed by atoms with E-state index in [0.717, 1.165) is 0 Å². The van der Waals surface area contributed by atoms with Crippen molar-refractivity contribution in [1.82, 2.24) is 5.32 Å². The highest BCUT2D eigenvalue weighted by atomic mass is 32.2. The van der Waals surface area contributed by atoms with Crippen molar-refractivity contribution in [2.24, 2.45) is 0 Å². The highest BCUT2D eigenvalue weighted by Crippen LogP contribution is 2.28. The molecule has 1 N–H and O–H groups in total. The Morgan fingerprint density at radius 1 is 1.20 bits per heavy atom. The molecule has 5 nitrogen and oxygen atoms in total. The smallest absolute Gasteiger partial charge is 0.216 e. The second-order valence-electron chi connectivity index (χ2n) is 4.30. The largest absolute Gasteiger partial charge is 0.468 e. The predicted octanol–water partition coefficient (Wildman–Crippen LogP) is 1.93. The van der Waals surface area contributed by atoms with Gasteiger partial charge in [-0.05, 0) is 24.3 Å². The van der Waals surface area contributed by atoms with Crippen LogP contribution in [0.3, 0.4) is 0 Å². The summed E-state index contributed by atoms with van der Waals surface area (Å²) >= 11 is 0. The molecule has 0 fully saturated rings. The summed E-state index contributed by atoms with van der Waals surface area (Å²) in [6, 6.07) is 11.3. The molecular weight excluding hydrogens is 278 g/mol. The number of carbonyl (C=O) groups excluding carboxylic acids is 1. The van der Waals surface area contributed by atoms with Crippen molar-refractivity contribution in [3.8, 4) is 0 Å². The van der Waals surface area contributed by atoms with E-state index in [1.165, 1.54) is 25.3 Å². The van der Waals surface area contributed by atoms with Crippen molar-refractivity contribution in [1.29, 1.82) is 0 Å². The lowest BCUT2D eigenvalue weighted by atomic mass is 10.3. The van der Waals surface area contributed by atoms with Crippen LogP contribution in [0.5, 0.6) is 0 Å². The summed E-state index contributed by atoms with van der Waals surface area (Å²) in [5, 5.41) is 1.59. The molecule has 0 bridgehead atoms. The third kappa shape index (κ3) is 3.08. The fourth-order valence-corrected chi connectivity index (χ4v) is 3.46. The molecule has 0 radical (unpaired) electrons. The van der Waals surface area contributed by atoms with Gasteiger partial charge in [0.25, 0.3) is 0 Å². The lowest BCUT2D eigenvalue weighted by molar-refractivity contribution is -0.118. The lowest BCUT2D eigenvalue weighted by Crippen LogP contribution is -2.30. The first-order valence-electron chi connectivity index (χ1n) is 6.08. The number of benzene rings is 1. The van der Waals surface area contributed by atoms with Crippen molar-refractivity contribution in [2.75, 3.05) is 6.54 Å². The van der Waals surface area contributed by atoms with E-state index in [0.29, 0.717) is 5.76 Å². The number of carbonyl (C=O) groups is 1. The SMILES string of the molecule is CC(=O)NC[C@H](c1ccco1)S(=O)(=O)c1ccccc1. The Kier molecular flexibility index (Phi) is 4.24. The molecule has 0 aliphatic carbocycles. The minimum Gasteiger partial charge on any atom is -0.468 e. The summed E-state index contributed by atoms with van der Waals surface area (Å²) in [5.41, 5.74) is 0. The fraction of sp³-hybridized carbons (Fsp3) is 0.214. The molecule has 20 heavy (non-hydrogen) atoms. The van der Waals surface area contributed by atoms with Gasteiger partial charge in [0.1, 0.15) is 11.0 Å². The number of amides is 1. The van der Waals surface area contributed by atoms with E-state index < -0.39 is 15.1 Å². The van der Waals surface area contributed by atoms with E-state index in [1.54, 1.807) is 30.3 Å². The minimum absolute atomic E-state index is 0.0277. The quantitative estimate of drug-likeness (QED) is 0.914. The van der Waals surface area contributed by atoms with Gasteiger partial charge >= 0.3 is 0 Å². The number of sulfone groups is 1. The van der Waals surface area contributed by atoms with Crippen LogP contribution in [0.2, 0.25) is 0 Å². The molecule has 0 unspecified atom stereocenters. The van der Waals surface area contributed by atoms with Gasteiger partial charge in [0.05, 0.1) is 11.2 Å². The zero-order valence-electron chi connectivity index (χ0n) is 10.9. The molecule has 6 heteroatoms. The number of furan rings is 1. The molecule has 0 saturated heterocycles. The molecule has 0 spiro atoms. The minimum atomic E-state index is -3.63. The van der Waals surface area contributed by atoms with Crippen molar-refractivity contribution in [3.05, 3.63) is 54.5 Å². The van der Waals surface area contributed by atoms with Gasteiger partial charge < -0.3 is 9.73 Å². The zero-order chi connectivity index (χ0) is 14.6. The number of hydrogen-bond donors (Lipinski definition) is 1. The van der Waals surface area contributed by atoms with Gasteiger partial charge in [-0.1, -0.05) is 18.2 Å². The van der Waals surface area contributed by atoms with E-state index >= 15 is 0 Å². The average molecular weight is 293 g/mol.